The van der Waals surface area contributed by atoms with E-state index in [2.05, 4.69) is 0 Å². The molecule has 0 saturated heterocycles. The van der Waals surface area contributed by atoms with Gasteiger partial charge < -0.3 is 5.11 Å². The lowest BCUT2D eigenvalue weighted by molar-refractivity contribution is -0.136. The Morgan fingerprint density at radius 3 is 2.38 bits per heavy atom. The number of nitriles is 2. The summed E-state index contributed by atoms with van der Waals surface area (Å²) >= 11 is 0. The summed E-state index contributed by atoms with van der Waals surface area (Å²) in [6, 6.07) is 10.2. The zero-order valence-electron chi connectivity index (χ0n) is 8.34. The molecule has 0 unspecified atom stereocenters. The maximum absolute atomic E-state index is 10.4. The van der Waals surface area contributed by atoms with Crippen molar-refractivity contribution in [2.45, 2.75) is 6.42 Å². The van der Waals surface area contributed by atoms with Crippen molar-refractivity contribution in [1.29, 1.82) is 10.5 Å². The van der Waals surface area contributed by atoms with Crippen molar-refractivity contribution in [1.82, 2.24) is 0 Å². The number of hydrogen-bond acceptors (Lipinski definition) is 3. The summed E-state index contributed by atoms with van der Waals surface area (Å²) in [6.45, 7) is 0. The molecule has 1 aromatic rings. The fourth-order valence-electron chi connectivity index (χ4n) is 1.22. The van der Waals surface area contributed by atoms with Crippen LogP contribution in [0.25, 0.3) is 5.57 Å². The molecule has 1 aromatic carbocycles. The molecule has 1 N–H and O–H groups in total. The zero-order chi connectivity index (χ0) is 12.0. The van der Waals surface area contributed by atoms with E-state index in [4.69, 9.17) is 15.6 Å². The first-order chi connectivity index (χ1) is 7.67. The first-order valence-corrected chi connectivity index (χ1v) is 4.48. The zero-order valence-corrected chi connectivity index (χ0v) is 8.34. The Morgan fingerprint density at radius 1 is 1.31 bits per heavy atom. The summed E-state index contributed by atoms with van der Waals surface area (Å²) < 4.78 is 0. The molecule has 0 aromatic heterocycles. The Hall–Kier alpha value is -2.59. The van der Waals surface area contributed by atoms with Gasteiger partial charge in [-0.15, -0.1) is 0 Å². The second-order valence-electron chi connectivity index (χ2n) is 3.07. The molecule has 0 fully saturated rings. The standard InChI is InChI=1S/C12H8N2O2/c13-6-5-11(8-14)10-3-1-9(2-4-10)7-12(15)16/h1-5H,7H2,(H,15,16). The molecule has 1 rings (SSSR count). The summed E-state index contributed by atoms with van der Waals surface area (Å²) in [5, 5.41) is 25.8. The molecule has 0 radical (unpaired) electrons. The number of aliphatic carboxylic acids is 1. The third kappa shape index (κ3) is 2.97. The van der Waals surface area contributed by atoms with Crippen molar-refractivity contribution in [3.8, 4) is 12.1 Å². The van der Waals surface area contributed by atoms with Crippen LogP contribution >= 0.6 is 0 Å². The number of carbonyl (C=O) groups is 1. The molecule has 0 aliphatic carbocycles. The van der Waals surface area contributed by atoms with E-state index < -0.39 is 5.97 Å². The minimum atomic E-state index is -0.902. The van der Waals surface area contributed by atoms with Crippen LogP contribution in [0, 0.1) is 22.7 Å². The lowest BCUT2D eigenvalue weighted by Gasteiger charge is -2.00. The maximum Gasteiger partial charge on any atom is 0.307 e. The van der Waals surface area contributed by atoms with Gasteiger partial charge in [-0.1, -0.05) is 24.3 Å². The Labute approximate surface area is 92.7 Å². The highest BCUT2D eigenvalue weighted by Crippen LogP contribution is 2.14. The van der Waals surface area contributed by atoms with Crippen LogP contribution in [-0.2, 0) is 11.2 Å². The van der Waals surface area contributed by atoms with Crippen molar-refractivity contribution in [3.63, 3.8) is 0 Å². The van der Waals surface area contributed by atoms with Gasteiger partial charge in [0.25, 0.3) is 0 Å². The number of nitrogens with zero attached hydrogens (tertiary/aromatic N) is 2. The molecule has 16 heavy (non-hydrogen) atoms. The van der Waals surface area contributed by atoms with Gasteiger partial charge in [-0.2, -0.15) is 10.5 Å². The van der Waals surface area contributed by atoms with Crippen molar-refractivity contribution < 1.29 is 9.90 Å². The van der Waals surface area contributed by atoms with Crippen molar-refractivity contribution >= 4 is 11.5 Å². The van der Waals surface area contributed by atoms with E-state index in [0.29, 0.717) is 11.1 Å². The van der Waals surface area contributed by atoms with Crippen LogP contribution in [0.5, 0.6) is 0 Å². The first-order valence-electron chi connectivity index (χ1n) is 4.48. The topological polar surface area (TPSA) is 84.9 Å². The third-order valence-corrected chi connectivity index (χ3v) is 1.95. The van der Waals surface area contributed by atoms with Crippen molar-refractivity contribution in [2.24, 2.45) is 0 Å². The third-order valence-electron chi connectivity index (χ3n) is 1.95. The number of hydrogen-bond donors (Lipinski definition) is 1. The Bertz CT molecular complexity index is 501. The largest absolute Gasteiger partial charge is 0.481 e. The maximum atomic E-state index is 10.4. The second kappa shape index (κ2) is 5.33. The molecule has 0 amide bonds. The fraction of sp³-hybridized carbons (Fsp3) is 0.0833. The van der Waals surface area contributed by atoms with E-state index in [9.17, 15) is 4.79 Å². The van der Waals surface area contributed by atoms with Gasteiger partial charge in [0.2, 0.25) is 0 Å². The van der Waals surface area contributed by atoms with Gasteiger partial charge in [0.15, 0.2) is 0 Å². The summed E-state index contributed by atoms with van der Waals surface area (Å²) in [5.41, 5.74) is 1.54. The molecule has 0 saturated carbocycles. The Kier molecular flexibility index (Phi) is 3.83. The van der Waals surface area contributed by atoms with E-state index in [0.717, 1.165) is 6.08 Å². The monoisotopic (exact) mass is 212 g/mol. The molecule has 4 nitrogen and oxygen atoms in total. The van der Waals surface area contributed by atoms with Crippen LogP contribution in [0.4, 0.5) is 0 Å². The van der Waals surface area contributed by atoms with E-state index in [1.54, 1.807) is 30.3 Å². The molecular formula is C12H8N2O2. The van der Waals surface area contributed by atoms with Crippen LogP contribution in [0.15, 0.2) is 30.3 Å². The molecule has 0 atom stereocenters. The normalized spacial score (nSPS) is 10.2. The molecule has 78 valence electrons. The average Bonchev–Trinajstić information content (AvgIpc) is 2.26. The van der Waals surface area contributed by atoms with Crippen molar-refractivity contribution in [2.75, 3.05) is 0 Å². The highest BCUT2D eigenvalue weighted by atomic mass is 16.4. The van der Waals surface area contributed by atoms with Gasteiger partial charge in [0.1, 0.15) is 6.07 Å². The van der Waals surface area contributed by atoms with Crippen molar-refractivity contribution in [3.05, 3.63) is 41.5 Å². The second-order valence-corrected chi connectivity index (χ2v) is 3.07. The number of allylic oxidation sites excluding steroid dienone is 2. The molecule has 0 aliphatic rings. The SMILES string of the molecule is N#CC=C(C#N)c1ccc(CC(=O)O)cc1. The predicted octanol–water partition coefficient (Wildman–Crippen LogP) is 1.74. The quantitative estimate of drug-likeness (QED) is 0.773. The van der Waals surface area contributed by atoms with Gasteiger partial charge in [-0.05, 0) is 11.1 Å². The van der Waals surface area contributed by atoms with E-state index >= 15 is 0 Å². The Morgan fingerprint density at radius 2 is 1.94 bits per heavy atom. The molecule has 0 heterocycles. The van der Waals surface area contributed by atoms with Gasteiger partial charge in [-0.25, -0.2) is 0 Å². The summed E-state index contributed by atoms with van der Waals surface area (Å²) in [6.07, 6.45) is 1.11. The van der Waals surface area contributed by atoms with E-state index in [1.165, 1.54) is 0 Å². The van der Waals surface area contributed by atoms with Gasteiger partial charge in [0.05, 0.1) is 18.1 Å². The smallest absolute Gasteiger partial charge is 0.307 e. The van der Waals surface area contributed by atoms with E-state index in [-0.39, 0.29) is 12.0 Å². The summed E-state index contributed by atoms with van der Waals surface area (Å²) in [7, 11) is 0. The number of carboxylic acid groups (broad SMARTS) is 1. The minimum absolute atomic E-state index is 0.0515. The fourth-order valence-corrected chi connectivity index (χ4v) is 1.22. The molecule has 0 bridgehead atoms. The van der Waals surface area contributed by atoms with Crippen LogP contribution in [0.2, 0.25) is 0 Å². The lowest BCUT2D eigenvalue weighted by Crippen LogP contribution is -1.99. The van der Waals surface area contributed by atoms with Crippen LogP contribution in [0.1, 0.15) is 11.1 Å². The van der Waals surface area contributed by atoms with Crippen LogP contribution in [0.3, 0.4) is 0 Å². The molecule has 4 heteroatoms. The average molecular weight is 212 g/mol. The Balaban J connectivity index is 2.96. The lowest BCUT2D eigenvalue weighted by atomic mass is 10.0. The first kappa shape index (κ1) is 11.5. The highest BCUT2D eigenvalue weighted by Gasteiger charge is 2.03. The predicted molar refractivity (Wildman–Crippen MR) is 57.0 cm³/mol. The van der Waals surface area contributed by atoms with Crippen LogP contribution < -0.4 is 0 Å². The molecule has 0 spiro atoms. The molecule has 0 aliphatic heterocycles. The number of rotatable bonds is 3. The van der Waals surface area contributed by atoms with E-state index in [1.807, 2.05) is 6.07 Å². The number of carboxylic acids is 1. The van der Waals surface area contributed by atoms with Gasteiger partial charge >= 0.3 is 5.97 Å². The van der Waals surface area contributed by atoms with Gasteiger partial charge in [-0.3, -0.25) is 4.79 Å². The summed E-state index contributed by atoms with van der Waals surface area (Å²) in [5.74, 6) is -0.902. The minimum Gasteiger partial charge on any atom is -0.481 e. The van der Waals surface area contributed by atoms with Gasteiger partial charge in [0, 0.05) is 6.08 Å². The molecular weight excluding hydrogens is 204 g/mol. The highest BCUT2D eigenvalue weighted by molar-refractivity contribution is 5.78. The van der Waals surface area contributed by atoms with Crippen LogP contribution in [-0.4, -0.2) is 11.1 Å². The summed E-state index contributed by atoms with van der Waals surface area (Å²) in [4.78, 5) is 10.4. The number of benzene rings is 1.